The number of likely N-dealkylation sites (N-methyl/N-ethyl adjacent to an activating group) is 2. The predicted octanol–water partition coefficient (Wildman–Crippen LogP) is 2.28. The Bertz CT molecular complexity index is 964. The van der Waals surface area contributed by atoms with Crippen molar-refractivity contribution in [2.75, 3.05) is 41.3 Å². The highest BCUT2D eigenvalue weighted by Crippen LogP contribution is 2.32. The molecule has 3 aromatic rings. The molecule has 0 N–H and O–H groups in total. The number of aromatic nitrogens is 3. The third kappa shape index (κ3) is 3.78. The minimum atomic E-state index is -0.0323. The van der Waals surface area contributed by atoms with Crippen LogP contribution in [0.1, 0.15) is 10.4 Å². The van der Waals surface area contributed by atoms with E-state index in [1.165, 1.54) is 0 Å². The van der Waals surface area contributed by atoms with Crippen LogP contribution in [-0.2, 0) is 7.05 Å². The van der Waals surface area contributed by atoms with Crippen molar-refractivity contribution >= 4 is 16.9 Å². The lowest BCUT2D eigenvalue weighted by Gasteiger charge is -2.21. The van der Waals surface area contributed by atoms with Gasteiger partial charge in [-0.2, -0.15) is 0 Å². The molecule has 0 radical (unpaired) electrons. The molecular weight excluding hydrogens is 342 g/mol. The monoisotopic (exact) mass is 367 g/mol. The van der Waals surface area contributed by atoms with Crippen molar-refractivity contribution in [3.63, 3.8) is 0 Å². The fourth-order valence-electron chi connectivity index (χ4n) is 3.04. The molecule has 2 heterocycles. The van der Waals surface area contributed by atoms with Gasteiger partial charge in [-0.3, -0.25) is 4.79 Å². The maximum atomic E-state index is 13.2. The van der Waals surface area contributed by atoms with Crippen molar-refractivity contribution in [3.8, 4) is 17.0 Å². The van der Waals surface area contributed by atoms with Crippen LogP contribution in [0.5, 0.6) is 5.88 Å². The average molecular weight is 367 g/mol. The van der Waals surface area contributed by atoms with Crippen molar-refractivity contribution in [1.29, 1.82) is 0 Å². The van der Waals surface area contributed by atoms with Crippen LogP contribution in [0.3, 0.4) is 0 Å². The lowest BCUT2D eigenvalue weighted by Crippen LogP contribution is -2.33. The van der Waals surface area contributed by atoms with Gasteiger partial charge in [-0.05, 0) is 43.9 Å². The quantitative estimate of drug-likeness (QED) is 0.669. The number of amides is 1. The molecule has 27 heavy (non-hydrogen) atoms. The first-order chi connectivity index (χ1) is 12.9. The number of pyridine rings is 1. The van der Waals surface area contributed by atoms with Gasteiger partial charge >= 0.3 is 0 Å². The number of hydrogen-bond donors (Lipinski definition) is 0. The number of imidazole rings is 1. The number of carbonyl (C=O) groups excluding carboxylic acids is 1. The minimum Gasteiger partial charge on any atom is -0.481 e. The summed E-state index contributed by atoms with van der Waals surface area (Å²) in [5.74, 6) is 0.488. The molecule has 0 saturated carbocycles. The van der Waals surface area contributed by atoms with Gasteiger partial charge in [0.1, 0.15) is 0 Å². The van der Waals surface area contributed by atoms with Crippen LogP contribution in [0.2, 0.25) is 0 Å². The van der Waals surface area contributed by atoms with Gasteiger partial charge in [0.15, 0.2) is 0 Å². The smallest absolute Gasteiger partial charge is 0.255 e. The Morgan fingerprint density at radius 1 is 1.19 bits per heavy atom. The predicted molar refractivity (Wildman–Crippen MR) is 106 cm³/mol. The van der Waals surface area contributed by atoms with Crippen LogP contribution in [0.4, 0.5) is 0 Å². The highest BCUT2D eigenvalue weighted by molar-refractivity contribution is 6.06. The number of benzene rings is 1. The maximum absolute atomic E-state index is 13.2. The number of methoxy groups -OCH3 is 1. The van der Waals surface area contributed by atoms with Crippen molar-refractivity contribution < 1.29 is 9.53 Å². The molecular formula is C20H25N5O2. The van der Waals surface area contributed by atoms with Gasteiger partial charge in [0.25, 0.3) is 5.91 Å². The van der Waals surface area contributed by atoms with Crippen LogP contribution < -0.4 is 4.74 Å². The number of rotatable bonds is 6. The van der Waals surface area contributed by atoms with Crippen LogP contribution in [0, 0.1) is 0 Å². The number of nitrogens with zero attached hydrogens (tertiary/aromatic N) is 5. The normalized spacial score (nSPS) is 11.2. The molecule has 0 aliphatic heterocycles. The Balaban J connectivity index is 2.11. The molecule has 0 fully saturated rings. The molecule has 3 rings (SSSR count). The van der Waals surface area contributed by atoms with Gasteiger partial charge in [0, 0.05) is 38.9 Å². The molecule has 0 aliphatic carbocycles. The van der Waals surface area contributed by atoms with Gasteiger partial charge in [0.2, 0.25) is 5.88 Å². The van der Waals surface area contributed by atoms with Gasteiger partial charge in [-0.1, -0.05) is 0 Å². The molecule has 142 valence electrons. The van der Waals surface area contributed by atoms with Crippen molar-refractivity contribution in [3.05, 3.63) is 42.4 Å². The van der Waals surface area contributed by atoms with E-state index in [0.717, 1.165) is 28.7 Å². The highest BCUT2D eigenvalue weighted by Gasteiger charge is 2.20. The molecule has 0 unspecified atom stereocenters. The topological polar surface area (TPSA) is 63.5 Å². The zero-order valence-corrected chi connectivity index (χ0v) is 16.4. The second-order valence-corrected chi connectivity index (χ2v) is 6.84. The molecule has 0 aliphatic rings. The van der Waals surface area contributed by atoms with E-state index in [2.05, 4.69) is 14.9 Å². The first-order valence-electron chi connectivity index (χ1n) is 8.77. The third-order valence-corrected chi connectivity index (χ3v) is 4.55. The zero-order chi connectivity index (χ0) is 19.6. The lowest BCUT2D eigenvalue weighted by molar-refractivity contribution is 0.0788. The summed E-state index contributed by atoms with van der Waals surface area (Å²) in [5, 5.41) is 0. The number of carbonyl (C=O) groups is 1. The average Bonchev–Trinajstić information content (AvgIpc) is 3.05. The van der Waals surface area contributed by atoms with E-state index in [-0.39, 0.29) is 5.91 Å². The van der Waals surface area contributed by atoms with E-state index >= 15 is 0 Å². The minimum absolute atomic E-state index is 0.0323. The second kappa shape index (κ2) is 7.75. The van der Waals surface area contributed by atoms with Crippen molar-refractivity contribution in [2.45, 2.75) is 0 Å². The number of aryl methyl sites for hydroxylation is 1. The zero-order valence-electron chi connectivity index (χ0n) is 16.4. The fraction of sp³-hybridized carbons (Fsp3) is 0.350. The molecule has 0 spiro atoms. The SMILES string of the molecule is COc1ncccc1-c1cc(C(=O)N(C)CCN(C)C)c2c(c1)ncn2C. The van der Waals surface area contributed by atoms with Crippen molar-refractivity contribution in [1.82, 2.24) is 24.3 Å². The van der Waals surface area contributed by atoms with Gasteiger partial charge in [-0.15, -0.1) is 0 Å². The molecule has 2 aromatic heterocycles. The largest absolute Gasteiger partial charge is 0.481 e. The Morgan fingerprint density at radius 3 is 2.67 bits per heavy atom. The fourth-order valence-corrected chi connectivity index (χ4v) is 3.04. The van der Waals surface area contributed by atoms with Crippen LogP contribution in [0.25, 0.3) is 22.2 Å². The lowest BCUT2D eigenvalue weighted by atomic mass is 10.0. The van der Waals surface area contributed by atoms with E-state index in [0.29, 0.717) is 18.0 Å². The number of fused-ring (bicyclic) bond motifs is 1. The summed E-state index contributed by atoms with van der Waals surface area (Å²) < 4.78 is 7.27. The van der Waals surface area contributed by atoms with Crippen LogP contribution in [-0.4, -0.2) is 71.6 Å². The summed E-state index contributed by atoms with van der Waals surface area (Å²) in [4.78, 5) is 25.7. The molecule has 0 saturated heterocycles. The highest BCUT2D eigenvalue weighted by atomic mass is 16.5. The molecule has 1 amide bonds. The standard InChI is InChI=1S/C20H25N5O2/c1-23(2)9-10-24(3)20(26)16-11-14(12-17-18(16)25(4)13-22-17)15-7-6-8-21-19(15)27-5/h6-8,11-13H,9-10H2,1-5H3. The molecule has 1 aromatic carbocycles. The van der Waals surface area contributed by atoms with Crippen LogP contribution >= 0.6 is 0 Å². The van der Waals surface area contributed by atoms with E-state index in [1.54, 1.807) is 24.5 Å². The van der Waals surface area contributed by atoms with Gasteiger partial charge < -0.3 is 19.1 Å². The van der Waals surface area contributed by atoms with Crippen LogP contribution in [0.15, 0.2) is 36.8 Å². The van der Waals surface area contributed by atoms with Crippen molar-refractivity contribution in [2.24, 2.45) is 7.05 Å². The Labute approximate surface area is 159 Å². The second-order valence-electron chi connectivity index (χ2n) is 6.84. The summed E-state index contributed by atoms with van der Waals surface area (Å²) in [6.45, 7) is 1.44. The molecule has 7 nitrogen and oxygen atoms in total. The molecule has 0 bridgehead atoms. The first-order valence-corrected chi connectivity index (χ1v) is 8.77. The Kier molecular flexibility index (Phi) is 5.41. The summed E-state index contributed by atoms with van der Waals surface area (Å²) in [5.41, 5.74) is 3.90. The van der Waals surface area contributed by atoms with Gasteiger partial charge in [-0.25, -0.2) is 9.97 Å². The Hall–Kier alpha value is -2.93. The number of hydrogen-bond acceptors (Lipinski definition) is 5. The molecule has 7 heteroatoms. The summed E-state index contributed by atoms with van der Waals surface area (Å²) in [6.07, 6.45) is 3.41. The van der Waals surface area contributed by atoms with Gasteiger partial charge in [0.05, 0.1) is 30.0 Å². The maximum Gasteiger partial charge on any atom is 0.255 e. The Morgan fingerprint density at radius 2 is 1.96 bits per heavy atom. The summed E-state index contributed by atoms with van der Waals surface area (Å²) in [7, 11) is 9.30. The third-order valence-electron chi connectivity index (χ3n) is 4.55. The summed E-state index contributed by atoms with van der Waals surface area (Å²) >= 11 is 0. The van der Waals surface area contributed by atoms with E-state index in [9.17, 15) is 4.79 Å². The van der Waals surface area contributed by atoms with E-state index in [1.807, 2.05) is 57.0 Å². The van der Waals surface area contributed by atoms with E-state index < -0.39 is 0 Å². The number of ether oxygens (including phenoxy) is 1. The summed E-state index contributed by atoms with van der Waals surface area (Å²) in [6, 6.07) is 7.65. The molecule has 0 atom stereocenters. The first kappa shape index (κ1) is 18.8. The van der Waals surface area contributed by atoms with E-state index in [4.69, 9.17) is 4.74 Å².